The molecule has 0 aromatic heterocycles. The van der Waals surface area contributed by atoms with E-state index in [0.29, 0.717) is 24.0 Å². The van der Waals surface area contributed by atoms with Crippen molar-refractivity contribution in [3.8, 4) is 0 Å². The van der Waals surface area contributed by atoms with Crippen LogP contribution in [-0.2, 0) is 9.53 Å². The summed E-state index contributed by atoms with van der Waals surface area (Å²) in [7, 11) is 0. The fourth-order valence-corrected chi connectivity index (χ4v) is 4.39. The third-order valence-corrected chi connectivity index (χ3v) is 5.42. The maximum Gasteiger partial charge on any atom is 0.309 e. The third-order valence-electron chi connectivity index (χ3n) is 5.42. The lowest BCUT2D eigenvalue weighted by molar-refractivity contribution is -0.158. The van der Waals surface area contributed by atoms with Crippen molar-refractivity contribution in [2.45, 2.75) is 64.1 Å². The predicted molar refractivity (Wildman–Crippen MR) is 63.7 cm³/mol. The lowest BCUT2D eigenvalue weighted by Gasteiger charge is -2.44. The highest BCUT2D eigenvalue weighted by atomic mass is 16.6. The van der Waals surface area contributed by atoms with Crippen molar-refractivity contribution in [3.05, 3.63) is 0 Å². The number of hydrogen-bond acceptors (Lipinski definition) is 2. The van der Waals surface area contributed by atoms with Crippen LogP contribution in [0.25, 0.3) is 0 Å². The van der Waals surface area contributed by atoms with Gasteiger partial charge in [0.1, 0.15) is 0 Å². The van der Waals surface area contributed by atoms with E-state index in [-0.39, 0.29) is 0 Å². The molecule has 3 heteroatoms. The summed E-state index contributed by atoms with van der Waals surface area (Å²) >= 11 is 0. The molecule has 4 atom stereocenters. The monoisotopic (exact) mass is 238 g/mol. The lowest BCUT2D eigenvalue weighted by atomic mass is 9.58. The van der Waals surface area contributed by atoms with E-state index in [1.165, 1.54) is 6.42 Å². The van der Waals surface area contributed by atoms with Crippen LogP contribution in [-0.4, -0.2) is 23.3 Å². The van der Waals surface area contributed by atoms with Crippen molar-refractivity contribution in [1.29, 1.82) is 0 Å². The Hall–Kier alpha value is -0.570. The van der Waals surface area contributed by atoms with Gasteiger partial charge >= 0.3 is 5.97 Å². The SMILES string of the molecule is CC1C2OC2CCC1C1(C(=O)O)CCCCC1. The maximum absolute atomic E-state index is 11.8. The van der Waals surface area contributed by atoms with E-state index in [0.717, 1.165) is 38.5 Å². The molecule has 4 unspecified atom stereocenters. The Bertz CT molecular complexity index is 319. The van der Waals surface area contributed by atoms with Gasteiger partial charge in [0.2, 0.25) is 0 Å². The highest BCUT2D eigenvalue weighted by Gasteiger charge is 2.57. The zero-order chi connectivity index (χ0) is 12.0. The molecule has 0 amide bonds. The van der Waals surface area contributed by atoms with Gasteiger partial charge in [-0.1, -0.05) is 26.2 Å². The molecule has 1 saturated heterocycles. The summed E-state index contributed by atoms with van der Waals surface area (Å²) in [5.41, 5.74) is -0.436. The summed E-state index contributed by atoms with van der Waals surface area (Å²) < 4.78 is 5.64. The molecule has 96 valence electrons. The standard InChI is InChI=1S/C14H22O3/c1-9-10(5-6-11-12(9)17-11)14(13(15)16)7-3-2-4-8-14/h9-12H,2-8H2,1H3,(H,15,16). The number of hydrogen-bond donors (Lipinski definition) is 1. The number of carbonyl (C=O) groups is 1. The van der Waals surface area contributed by atoms with Crippen molar-refractivity contribution >= 4 is 5.97 Å². The van der Waals surface area contributed by atoms with Crippen LogP contribution >= 0.6 is 0 Å². The van der Waals surface area contributed by atoms with E-state index >= 15 is 0 Å². The van der Waals surface area contributed by atoms with Gasteiger partial charge in [0.15, 0.2) is 0 Å². The van der Waals surface area contributed by atoms with Crippen LogP contribution < -0.4 is 0 Å². The number of rotatable bonds is 2. The molecule has 1 N–H and O–H groups in total. The summed E-state index contributed by atoms with van der Waals surface area (Å²) in [6.07, 6.45) is 8.10. The molecule has 3 aliphatic rings. The Morgan fingerprint density at radius 3 is 2.59 bits per heavy atom. The topological polar surface area (TPSA) is 49.8 Å². The fraction of sp³-hybridized carbons (Fsp3) is 0.929. The van der Waals surface area contributed by atoms with Crippen molar-refractivity contribution in [2.75, 3.05) is 0 Å². The average molecular weight is 238 g/mol. The Morgan fingerprint density at radius 2 is 1.94 bits per heavy atom. The first kappa shape index (κ1) is 11.5. The number of carboxylic acid groups (broad SMARTS) is 1. The smallest absolute Gasteiger partial charge is 0.309 e. The van der Waals surface area contributed by atoms with Gasteiger partial charge in [-0.3, -0.25) is 4.79 Å². The minimum Gasteiger partial charge on any atom is -0.481 e. The molecule has 0 aromatic rings. The molecular formula is C14H22O3. The van der Waals surface area contributed by atoms with E-state index in [1.807, 2.05) is 0 Å². The molecule has 0 radical (unpaired) electrons. The first-order valence-electron chi connectivity index (χ1n) is 7.04. The third kappa shape index (κ3) is 1.70. The molecule has 17 heavy (non-hydrogen) atoms. The van der Waals surface area contributed by atoms with Gasteiger partial charge < -0.3 is 9.84 Å². The molecule has 0 bridgehead atoms. The molecule has 0 spiro atoms. The van der Waals surface area contributed by atoms with Crippen LogP contribution in [0.2, 0.25) is 0 Å². The molecule has 3 nitrogen and oxygen atoms in total. The van der Waals surface area contributed by atoms with Crippen LogP contribution in [0.5, 0.6) is 0 Å². The maximum atomic E-state index is 11.8. The van der Waals surface area contributed by atoms with Crippen LogP contribution in [0.1, 0.15) is 51.9 Å². The second kappa shape index (κ2) is 3.98. The Kier molecular flexibility index (Phi) is 2.69. The molecule has 1 heterocycles. The Balaban J connectivity index is 1.84. The van der Waals surface area contributed by atoms with E-state index in [9.17, 15) is 9.90 Å². The largest absolute Gasteiger partial charge is 0.481 e. The quantitative estimate of drug-likeness (QED) is 0.752. The van der Waals surface area contributed by atoms with E-state index < -0.39 is 11.4 Å². The van der Waals surface area contributed by atoms with E-state index in [4.69, 9.17) is 4.74 Å². The van der Waals surface area contributed by atoms with Gasteiger partial charge in [0, 0.05) is 0 Å². The Labute approximate surface area is 103 Å². The van der Waals surface area contributed by atoms with Gasteiger partial charge in [-0.2, -0.15) is 0 Å². The summed E-state index contributed by atoms with van der Waals surface area (Å²) in [6, 6.07) is 0. The second-order valence-electron chi connectivity index (χ2n) is 6.20. The summed E-state index contributed by atoms with van der Waals surface area (Å²) in [5.74, 6) is 0.222. The molecule has 3 rings (SSSR count). The van der Waals surface area contributed by atoms with Crippen LogP contribution in [0.4, 0.5) is 0 Å². The number of ether oxygens (including phenoxy) is 1. The zero-order valence-electron chi connectivity index (χ0n) is 10.5. The highest BCUT2D eigenvalue weighted by molar-refractivity contribution is 5.75. The fourth-order valence-electron chi connectivity index (χ4n) is 4.39. The lowest BCUT2D eigenvalue weighted by Crippen LogP contribution is -2.46. The van der Waals surface area contributed by atoms with Crippen LogP contribution in [0.3, 0.4) is 0 Å². The van der Waals surface area contributed by atoms with Crippen molar-refractivity contribution in [1.82, 2.24) is 0 Å². The van der Waals surface area contributed by atoms with Gasteiger partial charge in [-0.15, -0.1) is 0 Å². The highest BCUT2D eigenvalue weighted by Crippen LogP contribution is 2.54. The second-order valence-corrected chi connectivity index (χ2v) is 6.20. The zero-order valence-corrected chi connectivity index (χ0v) is 10.5. The van der Waals surface area contributed by atoms with Crippen LogP contribution in [0.15, 0.2) is 0 Å². The summed E-state index contributed by atoms with van der Waals surface area (Å²) in [6.45, 7) is 2.20. The molecule has 0 aromatic carbocycles. The van der Waals surface area contributed by atoms with E-state index in [1.54, 1.807) is 0 Å². The normalized spacial score (nSPS) is 43.8. The van der Waals surface area contributed by atoms with Gasteiger partial charge in [-0.25, -0.2) is 0 Å². The van der Waals surface area contributed by atoms with Crippen molar-refractivity contribution in [3.63, 3.8) is 0 Å². The van der Waals surface area contributed by atoms with E-state index in [2.05, 4.69) is 6.92 Å². The first-order valence-corrected chi connectivity index (χ1v) is 7.04. The summed E-state index contributed by atoms with van der Waals surface area (Å²) in [4.78, 5) is 11.8. The number of epoxide rings is 1. The molecule has 3 fully saturated rings. The Morgan fingerprint density at radius 1 is 1.24 bits per heavy atom. The molecular weight excluding hydrogens is 216 g/mol. The van der Waals surface area contributed by atoms with Gasteiger partial charge in [0.05, 0.1) is 17.6 Å². The molecule has 2 saturated carbocycles. The average Bonchev–Trinajstić information content (AvgIpc) is 3.10. The summed E-state index contributed by atoms with van der Waals surface area (Å²) in [5, 5.41) is 9.72. The van der Waals surface area contributed by atoms with Gasteiger partial charge in [0.25, 0.3) is 0 Å². The van der Waals surface area contributed by atoms with Crippen molar-refractivity contribution < 1.29 is 14.6 Å². The predicted octanol–water partition coefficient (Wildman–Crippen LogP) is 2.84. The number of fused-ring (bicyclic) bond motifs is 1. The number of carboxylic acids is 1. The minimum atomic E-state index is -0.548. The number of aliphatic carboxylic acids is 1. The molecule has 1 aliphatic heterocycles. The van der Waals surface area contributed by atoms with Crippen molar-refractivity contribution in [2.24, 2.45) is 17.3 Å². The van der Waals surface area contributed by atoms with Gasteiger partial charge in [-0.05, 0) is 37.5 Å². The van der Waals surface area contributed by atoms with Crippen LogP contribution in [0, 0.1) is 17.3 Å². The molecule has 2 aliphatic carbocycles. The minimum absolute atomic E-state index is 0.337. The first-order chi connectivity index (χ1) is 8.15.